The molecule has 0 unspecified atom stereocenters. The largest absolute Gasteiger partial charge is 0.457 e. The maximum absolute atomic E-state index is 13.0. The number of nitrogens with zero attached hydrogens (tertiary/aromatic N) is 3. The highest BCUT2D eigenvalue weighted by Gasteiger charge is 2.14. The highest BCUT2D eigenvalue weighted by Crippen LogP contribution is 2.36. The third-order valence-electron chi connectivity index (χ3n) is 5.08. The molecular weight excluding hydrogens is 406 g/mol. The Morgan fingerprint density at radius 2 is 1.81 bits per heavy atom. The highest BCUT2D eigenvalue weighted by molar-refractivity contribution is 5.80. The van der Waals surface area contributed by atoms with Crippen molar-refractivity contribution < 1.29 is 14.2 Å². The van der Waals surface area contributed by atoms with Crippen molar-refractivity contribution in [3.8, 4) is 23.0 Å². The van der Waals surface area contributed by atoms with E-state index in [2.05, 4.69) is 10.1 Å². The van der Waals surface area contributed by atoms with E-state index in [4.69, 9.17) is 14.2 Å². The lowest BCUT2D eigenvalue weighted by Crippen LogP contribution is -2.22. The van der Waals surface area contributed by atoms with Crippen LogP contribution in [0.15, 0.2) is 76.6 Å². The van der Waals surface area contributed by atoms with Crippen LogP contribution in [0.1, 0.15) is 24.7 Å². The van der Waals surface area contributed by atoms with Gasteiger partial charge in [-0.05, 0) is 60.5 Å². The first-order valence-electron chi connectivity index (χ1n) is 10.4. The summed E-state index contributed by atoms with van der Waals surface area (Å²) in [7, 11) is 0. The van der Waals surface area contributed by atoms with E-state index in [1.54, 1.807) is 18.3 Å². The summed E-state index contributed by atoms with van der Waals surface area (Å²) >= 11 is 0. The molecule has 0 bridgehead atoms. The predicted molar refractivity (Wildman–Crippen MR) is 122 cm³/mol. The zero-order valence-corrected chi connectivity index (χ0v) is 17.5. The Balaban J connectivity index is 1.38. The summed E-state index contributed by atoms with van der Waals surface area (Å²) < 4.78 is 18.0. The SMILES string of the molecule is CCCc1nc2ccccc2c(=O)n1/N=C/c1ccc(Oc2ccc3c(c2)OCO3)cc1. The van der Waals surface area contributed by atoms with Gasteiger partial charge >= 0.3 is 0 Å². The number of fused-ring (bicyclic) bond motifs is 2. The van der Waals surface area contributed by atoms with E-state index in [9.17, 15) is 4.79 Å². The van der Waals surface area contributed by atoms with Crippen LogP contribution in [0.2, 0.25) is 0 Å². The number of ether oxygens (including phenoxy) is 3. The molecule has 4 aromatic rings. The Labute approximate surface area is 184 Å². The third-order valence-corrected chi connectivity index (χ3v) is 5.08. The fourth-order valence-electron chi connectivity index (χ4n) is 3.50. The second-order valence-corrected chi connectivity index (χ2v) is 7.34. The summed E-state index contributed by atoms with van der Waals surface area (Å²) in [4.78, 5) is 17.6. The zero-order chi connectivity index (χ0) is 21.9. The molecule has 1 aliphatic rings. The number of para-hydroxylation sites is 1. The second kappa shape index (κ2) is 8.55. The maximum Gasteiger partial charge on any atom is 0.282 e. The summed E-state index contributed by atoms with van der Waals surface area (Å²) in [6.07, 6.45) is 3.19. The molecule has 0 aliphatic carbocycles. The molecule has 0 saturated carbocycles. The Kier molecular flexibility index (Phi) is 5.29. The van der Waals surface area contributed by atoms with Crippen LogP contribution in [0, 0.1) is 0 Å². The molecule has 0 spiro atoms. The van der Waals surface area contributed by atoms with Crippen molar-refractivity contribution in [1.29, 1.82) is 0 Å². The van der Waals surface area contributed by atoms with E-state index >= 15 is 0 Å². The van der Waals surface area contributed by atoms with Gasteiger partial charge in [0.1, 0.15) is 17.3 Å². The van der Waals surface area contributed by atoms with Crippen molar-refractivity contribution in [2.75, 3.05) is 6.79 Å². The molecule has 2 heterocycles. The molecule has 0 fully saturated rings. The fourth-order valence-corrected chi connectivity index (χ4v) is 3.50. The average molecular weight is 427 g/mol. The predicted octanol–water partition coefficient (Wildman–Crippen LogP) is 4.75. The maximum atomic E-state index is 13.0. The van der Waals surface area contributed by atoms with Crippen LogP contribution >= 0.6 is 0 Å². The topological polar surface area (TPSA) is 74.9 Å². The van der Waals surface area contributed by atoms with Gasteiger partial charge in [0.2, 0.25) is 6.79 Å². The molecule has 0 amide bonds. The van der Waals surface area contributed by atoms with Crippen LogP contribution in [0.3, 0.4) is 0 Å². The van der Waals surface area contributed by atoms with Gasteiger partial charge in [-0.3, -0.25) is 4.79 Å². The van der Waals surface area contributed by atoms with Gasteiger partial charge in [-0.2, -0.15) is 9.78 Å². The Hall–Kier alpha value is -4.13. The number of aryl methyl sites for hydroxylation is 1. The average Bonchev–Trinajstić information content (AvgIpc) is 3.28. The van der Waals surface area contributed by atoms with E-state index in [0.717, 1.165) is 12.0 Å². The van der Waals surface area contributed by atoms with Gasteiger partial charge in [-0.1, -0.05) is 19.1 Å². The Morgan fingerprint density at radius 3 is 2.66 bits per heavy atom. The van der Waals surface area contributed by atoms with Gasteiger partial charge in [-0.25, -0.2) is 4.98 Å². The van der Waals surface area contributed by atoms with Gasteiger partial charge in [0.15, 0.2) is 11.5 Å². The molecule has 0 radical (unpaired) electrons. The van der Waals surface area contributed by atoms with Crippen LogP contribution in [-0.2, 0) is 6.42 Å². The lowest BCUT2D eigenvalue weighted by atomic mass is 10.2. The Morgan fingerprint density at radius 1 is 1.03 bits per heavy atom. The normalized spacial score (nSPS) is 12.5. The molecule has 7 heteroatoms. The van der Waals surface area contributed by atoms with Crippen molar-refractivity contribution in [1.82, 2.24) is 9.66 Å². The van der Waals surface area contributed by atoms with Crippen LogP contribution in [0.4, 0.5) is 0 Å². The number of hydrogen-bond donors (Lipinski definition) is 0. The summed E-state index contributed by atoms with van der Waals surface area (Å²) in [6, 6.07) is 20.2. The number of benzene rings is 3. The number of hydrogen-bond acceptors (Lipinski definition) is 6. The second-order valence-electron chi connectivity index (χ2n) is 7.34. The molecule has 0 N–H and O–H groups in total. The van der Waals surface area contributed by atoms with Crippen molar-refractivity contribution in [2.45, 2.75) is 19.8 Å². The molecule has 0 atom stereocenters. The fraction of sp³-hybridized carbons (Fsp3) is 0.160. The molecular formula is C25H21N3O4. The van der Waals surface area contributed by atoms with E-state index in [-0.39, 0.29) is 12.4 Å². The summed E-state index contributed by atoms with van der Waals surface area (Å²) in [5, 5.41) is 5.00. The van der Waals surface area contributed by atoms with Crippen molar-refractivity contribution in [3.63, 3.8) is 0 Å². The summed E-state index contributed by atoms with van der Waals surface area (Å²) in [6.45, 7) is 2.27. The van der Waals surface area contributed by atoms with Gasteiger partial charge in [-0.15, -0.1) is 0 Å². The molecule has 5 rings (SSSR count). The van der Waals surface area contributed by atoms with Crippen LogP contribution in [0.25, 0.3) is 10.9 Å². The first-order chi connectivity index (χ1) is 15.7. The molecule has 160 valence electrons. The minimum absolute atomic E-state index is 0.168. The first-order valence-corrected chi connectivity index (χ1v) is 10.4. The van der Waals surface area contributed by atoms with Crippen LogP contribution in [0.5, 0.6) is 23.0 Å². The highest BCUT2D eigenvalue weighted by atomic mass is 16.7. The number of rotatable bonds is 6. The molecule has 32 heavy (non-hydrogen) atoms. The van der Waals surface area contributed by atoms with Gasteiger partial charge in [0.25, 0.3) is 5.56 Å². The lowest BCUT2D eigenvalue weighted by molar-refractivity contribution is 0.174. The van der Waals surface area contributed by atoms with Crippen molar-refractivity contribution in [3.05, 3.63) is 88.5 Å². The minimum Gasteiger partial charge on any atom is -0.457 e. The van der Waals surface area contributed by atoms with Crippen molar-refractivity contribution in [2.24, 2.45) is 5.10 Å². The van der Waals surface area contributed by atoms with E-state index < -0.39 is 0 Å². The smallest absolute Gasteiger partial charge is 0.282 e. The van der Waals surface area contributed by atoms with E-state index in [0.29, 0.717) is 46.1 Å². The van der Waals surface area contributed by atoms with E-state index in [1.165, 1.54) is 4.68 Å². The molecule has 0 saturated heterocycles. The molecule has 1 aliphatic heterocycles. The Bertz CT molecular complexity index is 1360. The van der Waals surface area contributed by atoms with Gasteiger partial charge < -0.3 is 14.2 Å². The molecule has 1 aromatic heterocycles. The van der Waals surface area contributed by atoms with Crippen LogP contribution < -0.4 is 19.8 Å². The lowest BCUT2D eigenvalue weighted by Gasteiger charge is -2.08. The standard InChI is InChI=1S/C25H21N3O4/c1-2-5-24-27-21-7-4-3-6-20(21)25(29)28(24)26-15-17-8-10-18(11-9-17)32-19-12-13-22-23(14-19)31-16-30-22/h3-4,6-15H,2,5,16H2,1H3/b26-15+. The first kappa shape index (κ1) is 19.8. The molecule has 3 aromatic carbocycles. The monoisotopic (exact) mass is 427 g/mol. The quantitative estimate of drug-likeness (QED) is 0.415. The van der Waals surface area contributed by atoms with Gasteiger partial charge in [0.05, 0.1) is 17.1 Å². The van der Waals surface area contributed by atoms with Crippen LogP contribution in [-0.4, -0.2) is 22.7 Å². The summed E-state index contributed by atoms with van der Waals surface area (Å²) in [5.41, 5.74) is 1.36. The third kappa shape index (κ3) is 3.92. The minimum atomic E-state index is -0.168. The van der Waals surface area contributed by atoms with Gasteiger partial charge in [0, 0.05) is 12.5 Å². The molecule has 7 nitrogen and oxygen atoms in total. The number of aromatic nitrogens is 2. The summed E-state index contributed by atoms with van der Waals surface area (Å²) in [5.74, 6) is 3.37. The zero-order valence-electron chi connectivity index (χ0n) is 17.5. The van der Waals surface area contributed by atoms with Crippen molar-refractivity contribution >= 4 is 17.1 Å². The van der Waals surface area contributed by atoms with E-state index in [1.807, 2.05) is 61.5 Å².